The molecule has 0 unspecified atom stereocenters. The highest BCUT2D eigenvalue weighted by atomic mass is 14.3. The third kappa shape index (κ3) is 4.71. The van der Waals surface area contributed by atoms with E-state index in [2.05, 4.69) is 204 Å². The maximum atomic E-state index is 2.61. The van der Waals surface area contributed by atoms with E-state index in [-0.39, 0.29) is 21.7 Å². The van der Waals surface area contributed by atoms with Gasteiger partial charge in [-0.25, -0.2) is 0 Å². The standard InChI is InChI=1S/C66H56/c1-63(2,3)35-23-19-33-21-25-43-51(45(33)27-35)41-17-13-15-39-47-29-38(66(10,11)12)32-50-56-44-26-22-34-20-24-36(64(4,5)6)28-46(34)52(44)42-18-14-16-40-48-30-37(65(7,8)9)31-49-55(43)59(53(39)41)61(58(47)50)62(57(48)49)60(56)54(40)42/h13-32H,1-12H3. The normalized spacial score (nSPS) is 14.1. The molecule has 0 aromatic heterocycles. The maximum absolute atomic E-state index is 2.61. The predicted octanol–water partition coefficient (Wildman–Crippen LogP) is 19.6. The van der Waals surface area contributed by atoms with Gasteiger partial charge in [-0.15, -0.1) is 0 Å². The first kappa shape index (κ1) is 38.7. The van der Waals surface area contributed by atoms with Gasteiger partial charge >= 0.3 is 0 Å². The number of benzene rings is 14. The summed E-state index contributed by atoms with van der Waals surface area (Å²) in [4.78, 5) is 0. The van der Waals surface area contributed by atoms with E-state index in [0.29, 0.717) is 0 Å². The molecule has 0 amide bonds. The van der Waals surface area contributed by atoms with Crippen LogP contribution in [-0.2, 0) is 21.7 Å². The molecule has 0 spiro atoms. The molecule has 0 heterocycles. The van der Waals surface area contributed by atoms with Crippen molar-refractivity contribution >= 4 is 140 Å². The molecule has 0 atom stereocenters. The van der Waals surface area contributed by atoms with Crippen molar-refractivity contribution < 1.29 is 0 Å². The van der Waals surface area contributed by atoms with E-state index in [1.165, 1.54) is 162 Å². The van der Waals surface area contributed by atoms with E-state index in [4.69, 9.17) is 0 Å². The maximum Gasteiger partial charge on any atom is -0.0000476 e. The summed E-state index contributed by atoms with van der Waals surface area (Å²) in [5, 5.41) is 36.0. The van der Waals surface area contributed by atoms with Gasteiger partial charge in [0.2, 0.25) is 0 Å². The number of hydrogen-bond acceptors (Lipinski definition) is 0. The van der Waals surface area contributed by atoms with E-state index in [1.54, 1.807) is 0 Å². The van der Waals surface area contributed by atoms with Crippen LogP contribution in [0.3, 0.4) is 0 Å². The minimum atomic E-state index is -0.0679. The quantitative estimate of drug-likeness (QED) is 0.105. The molecule has 14 aromatic rings. The van der Waals surface area contributed by atoms with E-state index in [0.717, 1.165) is 0 Å². The molecule has 0 nitrogen and oxygen atoms in total. The molecule has 14 aromatic carbocycles. The lowest BCUT2D eigenvalue weighted by molar-refractivity contribution is 0.591. The van der Waals surface area contributed by atoms with Crippen LogP contribution < -0.4 is 0 Å². The molecular weight excluding hydrogens is 793 g/mol. The molecule has 66 heavy (non-hydrogen) atoms. The van der Waals surface area contributed by atoms with Gasteiger partial charge in [-0.3, -0.25) is 0 Å². The van der Waals surface area contributed by atoms with Gasteiger partial charge in [-0.2, -0.15) is 0 Å². The zero-order valence-electron chi connectivity index (χ0n) is 40.5. The van der Waals surface area contributed by atoms with E-state index < -0.39 is 0 Å². The molecular formula is C66H56. The smallest absolute Gasteiger partial charge is 0.0000476 e. The summed E-state index contributed by atoms with van der Waals surface area (Å²) in [5.41, 5.74) is 5.42. The summed E-state index contributed by atoms with van der Waals surface area (Å²) in [6.45, 7) is 28.5. The molecule has 320 valence electrons. The molecule has 0 aliphatic rings. The van der Waals surface area contributed by atoms with Crippen LogP contribution in [0.4, 0.5) is 0 Å². The van der Waals surface area contributed by atoms with Crippen molar-refractivity contribution in [1.82, 2.24) is 0 Å². The minimum Gasteiger partial charge on any atom is -0.0610 e. The number of fused-ring (bicyclic) bond motifs is 14. The average Bonchev–Trinajstić information content (AvgIpc) is 3.27. The Balaban J connectivity index is 1.38. The van der Waals surface area contributed by atoms with Gasteiger partial charge in [0.05, 0.1) is 0 Å². The van der Waals surface area contributed by atoms with Crippen molar-refractivity contribution in [1.29, 1.82) is 0 Å². The molecule has 0 saturated heterocycles. The average molecular weight is 849 g/mol. The summed E-state index contributed by atoms with van der Waals surface area (Å²) in [6.07, 6.45) is 0. The van der Waals surface area contributed by atoms with Gasteiger partial charge in [0.25, 0.3) is 0 Å². The Kier molecular flexibility index (Phi) is 6.98. The molecule has 0 N–H and O–H groups in total. The highest BCUT2D eigenvalue weighted by molar-refractivity contribution is 6.59. The van der Waals surface area contributed by atoms with E-state index in [9.17, 15) is 0 Å². The van der Waals surface area contributed by atoms with Crippen molar-refractivity contribution in [3.05, 3.63) is 144 Å². The minimum absolute atomic E-state index is 0.0229. The van der Waals surface area contributed by atoms with Crippen LogP contribution in [-0.4, -0.2) is 0 Å². The molecule has 0 radical (unpaired) electrons. The van der Waals surface area contributed by atoms with Crippen LogP contribution in [0.5, 0.6) is 0 Å². The molecule has 0 fully saturated rings. The number of rotatable bonds is 0. The summed E-state index contributed by atoms with van der Waals surface area (Å²) in [5.74, 6) is 0. The lowest BCUT2D eigenvalue weighted by atomic mass is 9.72. The second kappa shape index (κ2) is 11.9. The highest BCUT2D eigenvalue weighted by Gasteiger charge is 2.32. The third-order valence-electron chi connectivity index (χ3n) is 16.4. The third-order valence-corrected chi connectivity index (χ3v) is 16.4. The second-order valence-corrected chi connectivity index (χ2v) is 24.4. The monoisotopic (exact) mass is 848 g/mol. The zero-order valence-corrected chi connectivity index (χ0v) is 40.5. The lowest BCUT2D eigenvalue weighted by Gasteiger charge is -2.30. The van der Waals surface area contributed by atoms with Crippen molar-refractivity contribution in [3.63, 3.8) is 0 Å². The molecule has 14 rings (SSSR count). The Labute approximate surface area is 386 Å². The Bertz CT molecular complexity index is 4160. The van der Waals surface area contributed by atoms with Crippen LogP contribution in [0, 0.1) is 0 Å². The summed E-state index contributed by atoms with van der Waals surface area (Å²) >= 11 is 0. The largest absolute Gasteiger partial charge is 0.0610 e. The van der Waals surface area contributed by atoms with Gasteiger partial charge < -0.3 is 0 Å². The van der Waals surface area contributed by atoms with Gasteiger partial charge in [-0.1, -0.05) is 168 Å². The number of hydrogen-bond donors (Lipinski definition) is 0. The molecule has 0 aliphatic heterocycles. The SMILES string of the molecule is CC(C)(C)c1ccc2ccc3c(c2c1)c1cccc2c4cc(C(C)(C)C)cc5c6c7ccc8ccc(C(C)(C)C)cc8c7c7cccc8c9cc(C(C)(C)C)cc%10c3c(c21)c(c45)c(c9%10)c6c87. The summed E-state index contributed by atoms with van der Waals surface area (Å²) in [7, 11) is 0. The topological polar surface area (TPSA) is 0 Å². The molecule has 0 aliphatic carbocycles. The van der Waals surface area contributed by atoms with Crippen molar-refractivity contribution in [2.24, 2.45) is 0 Å². The fourth-order valence-electron chi connectivity index (χ4n) is 12.9. The summed E-state index contributed by atoms with van der Waals surface area (Å²) < 4.78 is 0. The van der Waals surface area contributed by atoms with Crippen LogP contribution in [0.15, 0.2) is 121 Å². The molecule has 0 bridgehead atoms. The Morgan fingerprint density at radius 1 is 0.197 bits per heavy atom. The fourth-order valence-corrected chi connectivity index (χ4v) is 12.9. The zero-order chi connectivity index (χ0) is 45.5. The first-order valence-electron chi connectivity index (χ1n) is 24.3. The van der Waals surface area contributed by atoms with Crippen LogP contribution >= 0.6 is 0 Å². The van der Waals surface area contributed by atoms with Crippen molar-refractivity contribution in [2.75, 3.05) is 0 Å². The Morgan fingerprint density at radius 2 is 0.470 bits per heavy atom. The first-order chi connectivity index (χ1) is 31.3. The van der Waals surface area contributed by atoms with Gasteiger partial charge in [0.1, 0.15) is 0 Å². The predicted molar refractivity (Wildman–Crippen MR) is 294 cm³/mol. The van der Waals surface area contributed by atoms with E-state index in [1.807, 2.05) is 0 Å². The van der Waals surface area contributed by atoms with Crippen LogP contribution in [0.2, 0.25) is 0 Å². The Hall–Kier alpha value is -6.50. The Morgan fingerprint density at radius 3 is 0.848 bits per heavy atom. The summed E-state index contributed by atoms with van der Waals surface area (Å²) in [6, 6.07) is 49.1. The van der Waals surface area contributed by atoms with Gasteiger partial charge in [0, 0.05) is 0 Å². The highest BCUT2D eigenvalue weighted by Crippen LogP contribution is 2.59. The van der Waals surface area contributed by atoms with E-state index >= 15 is 0 Å². The molecule has 0 heteroatoms. The van der Waals surface area contributed by atoms with Crippen LogP contribution in [0.1, 0.15) is 105 Å². The lowest BCUT2D eigenvalue weighted by Crippen LogP contribution is -2.12. The van der Waals surface area contributed by atoms with Gasteiger partial charge in [0.15, 0.2) is 0 Å². The molecule has 0 saturated carbocycles. The van der Waals surface area contributed by atoms with Crippen molar-refractivity contribution in [2.45, 2.75) is 105 Å². The fraction of sp³-hybridized carbons (Fsp3) is 0.242. The first-order valence-corrected chi connectivity index (χ1v) is 24.3. The van der Waals surface area contributed by atoms with Crippen LogP contribution in [0.25, 0.3) is 140 Å². The van der Waals surface area contributed by atoms with Crippen molar-refractivity contribution in [3.8, 4) is 0 Å². The second-order valence-electron chi connectivity index (χ2n) is 24.4. The van der Waals surface area contributed by atoms with Gasteiger partial charge in [-0.05, 0) is 220 Å².